The SMILES string of the molecule is COc1ccc(C2/C(=C(\O)c3ccc(C)cc3)C(=O)C(=O)N2c2cccc(C(F)(F)F)c2)cc1. The largest absolute Gasteiger partial charge is 0.507 e. The Kier molecular flexibility index (Phi) is 5.91. The zero-order valence-electron chi connectivity index (χ0n) is 18.3. The third kappa shape index (κ3) is 4.14. The second kappa shape index (κ2) is 8.70. The predicted molar refractivity (Wildman–Crippen MR) is 120 cm³/mol. The van der Waals surface area contributed by atoms with Gasteiger partial charge < -0.3 is 9.84 Å². The molecule has 4 rings (SSSR count). The number of ketones is 1. The molecule has 1 fully saturated rings. The smallest absolute Gasteiger partial charge is 0.416 e. The maximum atomic E-state index is 13.4. The molecule has 1 aliphatic rings. The molecule has 1 N–H and O–H groups in total. The zero-order valence-corrected chi connectivity index (χ0v) is 18.3. The van der Waals surface area contributed by atoms with Crippen molar-refractivity contribution < 1.29 is 32.6 Å². The molecule has 0 saturated carbocycles. The fraction of sp³-hybridized carbons (Fsp3) is 0.154. The Balaban J connectivity index is 1.93. The lowest BCUT2D eigenvalue weighted by atomic mass is 9.94. The van der Waals surface area contributed by atoms with Gasteiger partial charge in [0.05, 0.1) is 24.3 Å². The summed E-state index contributed by atoms with van der Waals surface area (Å²) in [5.41, 5.74) is 0.376. The molecule has 1 unspecified atom stereocenters. The van der Waals surface area contributed by atoms with Crippen molar-refractivity contribution in [2.75, 3.05) is 12.0 Å². The molecule has 0 spiro atoms. The Morgan fingerprint density at radius 1 is 0.971 bits per heavy atom. The predicted octanol–water partition coefficient (Wildman–Crippen LogP) is 5.65. The first-order valence-corrected chi connectivity index (χ1v) is 10.3. The highest BCUT2D eigenvalue weighted by Crippen LogP contribution is 2.43. The number of hydrogen-bond acceptors (Lipinski definition) is 4. The minimum Gasteiger partial charge on any atom is -0.507 e. The quantitative estimate of drug-likeness (QED) is 0.306. The number of rotatable bonds is 4. The molecule has 0 aromatic heterocycles. The van der Waals surface area contributed by atoms with Gasteiger partial charge in [0.1, 0.15) is 11.5 Å². The molecule has 3 aromatic rings. The van der Waals surface area contributed by atoms with Crippen LogP contribution in [0, 0.1) is 6.92 Å². The summed E-state index contributed by atoms with van der Waals surface area (Å²) in [5.74, 6) is -1.92. The number of aliphatic hydroxyl groups excluding tert-OH is 1. The van der Waals surface area contributed by atoms with Crippen LogP contribution >= 0.6 is 0 Å². The van der Waals surface area contributed by atoms with Crippen molar-refractivity contribution in [3.05, 3.63) is 101 Å². The average molecular weight is 467 g/mol. The van der Waals surface area contributed by atoms with E-state index in [-0.39, 0.29) is 11.3 Å². The van der Waals surface area contributed by atoms with E-state index in [4.69, 9.17) is 4.74 Å². The normalized spacial score (nSPS) is 17.8. The maximum absolute atomic E-state index is 13.4. The number of ether oxygens (including phenoxy) is 1. The molecule has 8 heteroatoms. The van der Waals surface area contributed by atoms with Crippen LogP contribution in [0.4, 0.5) is 18.9 Å². The van der Waals surface area contributed by atoms with Crippen LogP contribution in [0.3, 0.4) is 0 Å². The number of Topliss-reactive ketones (excluding diaryl/α,β-unsaturated/α-hetero) is 1. The van der Waals surface area contributed by atoms with Crippen LogP contribution < -0.4 is 9.64 Å². The van der Waals surface area contributed by atoms with Gasteiger partial charge in [-0.25, -0.2) is 0 Å². The first-order chi connectivity index (χ1) is 16.1. The van der Waals surface area contributed by atoms with E-state index in [0.29, 0.717) is 16.9 Å². The van der Waals surface area contributed by atoms with Gasteiger partial charge in [0.2, 0.25) is 0 Å². The molecule has 0 aliphatic carbocycles. The number of nitrogens with zero attached hydrogens (tertiary/aromatic N) is 1. The number of aliphatic hydroxyl groups is 1. The molecule has 1 aliphatic heterocycles. The lowest BCUT2D eigenvalue weighted by Gasteiger charge is -2.26. The van der Waals surface area contributed by atoms with Gasteiger partial charge in [0, 0.05) is 11.3 Å². The van der Waals surface area contributed by atoms with Crippen LogP contribution in [-0.2, 0) is 15.8 Å². The van der Waals surface area contributed by atoms with Crippen LogP contribution in [0.15, 0.2) is 78.4 Å². The van der Waals surface area contributed by atoms with Crippen molar-refractivity contribution in [2.45, 2.75) is 19.1 Å². The summed E-state index contributed by atoms with van der Waals surface area (Å²) in [5, 5.41) is 11.1. The van der Waals surface area contributed by atoms with E-state index in [1.54, 1.807) is 48.5 Å². The van der Waals surface area contributed by atoms with Crippen LogP contribution in [0.5, 0.6) is 5.75 Å². The lowest BCUT2D eigenvalue weighted by Crippen LogP contribution is -2.29. The van der Waals surface area contributed by atoms with Gasteiger partial charge in [-0.05, 0) is 42.8 Å². The molecule has 1 heterocycles. The first kappa shape index (κ1) is 23.1. The molecule has 1 saturated heterocycles. The van der Waals surface area contributed by atoms with Crippen molar-refractivity contribution in [1.29, 1.82) is 0 Å². The van der Waals surface area contributed by atoms with Gasteiger partial charge in [-0.1, -0.05) is 48.0 Å². The molecule has 0 bridgehead atoms. The van der Waals surface area contributed by atoms with E-state index in [2.05, 4.69) is 0 Å². The van der Waals surface area contributed by atoms with Gasteiger partial charge in [-0.15, -0.1) is 0 Å². The Labute approximate surface area is 193 Å². The molecule has 174 valence electrons. The van der Waals surface area contributed by atoms with E-state index in [1.165, 1.54) is 19.2 Å². The van der Waals surface area contributed by atoms with E-state index >= 15 is 0 Å². The molecular weight excluding hydrogens is 447 g/mol. The Morgan fingerprint density at radius 2 is 1.62 bits per heavy atom. The highest BCUT2D eigenvalue weighted by Gasteiger charge is 2.47. The van der Waals surface area contributed by atoms with E-state index < -0.39 is 35.2 Å². The molecule has 3 aromatic carbocycles. The van der Waals surface area contributed by atoms with Crippen molar-refractivity contribution in [3.63, 3.8) is 0 Å². The number of aryl methyl sites for hydroxylation is 1. The zero-order chi connectivity index (χ0) is 24.6. The number of hydrogen-bond donors (Lipinski definition) is 1. The Hall–Kier alpha value is -4.07. The van der Waals surface area contributed by atoms with Gasteiger partial charge in [0.25, 0.3) is 11.7 Å². The van der Waals surface area contributed by atoms with Crippen molar-refractivity contribution in [1.82, 2.24) is 0 Å². The number of amides is 1. The topological polar surface area (TPSA) is 66.8 Å². The van der Waals surface area contributed by atoms with Gasteiger partial charge in [0.15, 0.2) is 0 Å². The van der Waals surface area contributed by atoms with Gasteiger partial charge in [-0.2, -0.15) is 13.2 Å². The standard InChI is InChI=1S/C26H20F3NO4/c1-15-6-8-17(9-7-15)23(31)21-22(16-10-12-20(34-2)13-11-16)30(25(33)24(21)32)19-5-3-4-18(14-19)26(27,28)29/h3-14,22,31H,1-2H3/b23-21+. The van der Waals surface area contributed by atoms with Gasteiger partial charge >= 0.3 is 6.18 Å². The molecule has 5 nitrogen and oxygen atoms in total. The highest BCUT2D eigenvalue weighted by molar-refractivity contribution is 6.51. The van der Waals surface area contributed by atoms with Crippen LogP contribution in [0.1, 0.15) is 28.3 Å². The minimum atomic E-state index is -4.64. The number of methoxy groups -OCH3 is 1. The third-order valence-corrected chi connectivity index (χ3v) is 5.65. The maximum Gasteiger partial charge on any atom is 0.416 e. The molecule has 0 radical (unpaired) electrons. The number of benzene rings is 3. The third-order valence-electron chi connectivity index (χ3n) is 5.65. The molecule has 1 amide bonds. The Bertz CT molecular complexity index is 1280. The fourth-order valence-electron chi connectivity index (χ4n) is 3.90. The van der Waals surface area contributed by atoms with Crippen LogP contribution in [-0.4, -0.2) is 23.9 Å². The summed E-state index contributed by atoms with van der Waals surface area (Å²) in [6.07, 6.45) is -4.64. The average Bonchev–Trinajstić information content (AvgIpc) is 3.09. The Morgan fingerprint density at radius 3 is 2.21 bits per heavy atom. The minimum absolute atomic E-state index is 0.110. The monoisotopic (exact) mass is 467 g/mol. The first-order valence-electron chi connectivity index (χ1n) is 10.3. The number of carbonyl (C=O) groups excluding carboxylic acids is 2. The summed E-state index contributed by atoms with van der Waals surface area (Å²) < 4.78 is 45.2. The van der Waals surface area contributed by atoms with E-state index in [1.807, 2.05) is 6.92 Å². The number of alkyl halides is 3. The summed E-state index contributed by atoms with van der Waals surface area (Å²) in [6.45, 7) is 1.85. The second-order valence-electron chi connectivity index (χ2n) is 7.86. The molecule has 1 atom stereocenters. The van der Waals surface area contributed by atoms with Gasteiger partial charge in [-0.3, -0.25) is 14.5 Å². The van der Waals surface area contributed by atoms with Crippen molar-refractivity contribution >= 4 is 23.1 Å². The van der Waals surface area contributed by atoms with Crippen LogP contribution in [0.2, 0.25) is 0 Å². The summed E-state index contributed by atoms with van der Waals surface area (Å²) in [6, 6.07) is 16.1. The molecular formula is C26H20F3NO4. The van der Waals surface area contributed by atoms with Crippen LogP contribution in [0.25, 0.3) is 5.76 Å². The highest BCUT2D eigenvalue weighted by atomic mass is 19.4. The summed E-state index contributed by atoms with van der Waals surface area (Å²) in [7, 11) is 1.47. The number of halogens is 3. The summed E-state index contributed by atoms with van der Waals surface area (Å²) >= 11 is 0. The number of carbonyl (C=O) groups is 2. The van der Waals surface area contributed by atoms with Crippen molar-refractivity contribution in [3.8, 4) is 5.75 Å². The van der Waals surface area contributed by atoms with E-state index in [9.17, 15) is 27.9 Å². The fourth-order valence-corrected chi connectivity index (χ4v) is 3.90. The van der Waals surface area contributed by atoms with E-state index in [0.717, 1.165) is 22.6 Å². The number of anilines is 1. The van der Waals surface area contributed by atoms with Crippen molar-refractivity contribution in [2.24, 2.45) is 0 Å². The lowest BCUT2D eigenvalue weighted by molar-refractivity contribution is -0.137. The summed E-state index contributed by atoms with van der Waals surface area (Å²) in [4.78, 5) is 27.2. The molecule has 34 heavy (non-hydrogen) atoms. The second-order valence-corrected chi connectivity index (χ2v) is 7.86.